The fourth-order valence-corrected chi connectivity index (χ4v) is 3.11. The monoisotopic (exact) mass is 239 g/mol. The van der Waals surface area contributed by atoms with Gasteiger partial charge in [0.05, 0.1) is 0 Å². The molecule has 0 aromatic rings. The van der Waals surface area contributed by atoms with E-state index in [1.165, 1.54) is 51.6 Å². The van der Waals surface area contributed by atoms with E-state index in [0.29, 0.717) is 0 Å². The highest BCUT2D eigenvalue weighted by Gasteiger charge is 2.25. The van der Waals surface area contributed by atoms with Crippen LogP contribution in [-0.2, 0) is 0 Å². The summed E-state index contributed by atoms with van der Waals surface area (Å²) in [7, 11) is 0. The first-order valence-corrected chi connectivity index (χ1v) is 7.84. The van der Waals surface area contributed by atoms with E-state index in [0.717, 1.165) is 23.7 Å². The molecule has 1 N–H and O–H groups in total. The van der Waals surface area contributed by atoms with Gasteiger partial charge in [-0.15, -0.1) is 0 Å². The average Bonchev–Trinajstić information content (AvgIpc) is 2.80. The lowest BCUT2D eigenvalue weighted by molar-refractivity contribution is 0.261. The Kier molecular flexibility index (Phi) is 7.18. The smallest absolute Gasteiger partial charge is 0.00177 e. The van der Waals surface area contributed by atoms with Crippen molar-refractivity contribution in [3.63, 3.8) is 0 Å². The molecule has 17 heavy (non-hydrogen) atoms. The van der Waals surface area contributed by atoms with Gasteiger partial charge in [-0.2, -0.15) is 0 Å². The van der Waals surface area contributed by atoms with Gasteiger partial charge in [0.15, 0.2) is 0 Å². The quantitative estimate of drug-likeness (QED) is 0.659. The highest BCUT2D eigenvalue weighted by Crippen LogP contribution is 2.34. The molecule has 0 aromatic carbocycles. The van der Waals surface area contributed by atoms with Crippen LogP contribution < -0.4 is 5.32 Å². The van der Waals surface area contributed by atoms with Gasteiger partial charge in [-0.05, 0) is 43.2 Å². The molecule has 0 aliphatic heterocycles. The molecule has 1 aliphatic rings. The first kappa shape index (κ1) is 15.0. The molecule has 0 aromatic heterocycles. The van der Waals surface area contributed by atoms with Crippen LogP contribution in [-0.4, -0.2) is 13.1 Å². The molecule has 1 rings (SSSR count). The van der Waals surface area contributed by atoms with Crippen molar-refractivity contribution in [3.05, 3.63) is 0 Å². The SMILES string of the molecule is CCC(C)CC(CNCC(C)C)C1CCCC1. The van der Waals surface area contributed by atoms with Crippen LogP contribution in [0, 0.1) is 23.7 Å². The summed E-state index contributed by atoms with van der Waals surface area (Å²) in [6.07, 6.45) is 8.71. The molecule has 0 saturated heterocycles. The van der Waals surface area contributed by atoms with Gasteiger partial charge in [-0.1, -0.05) is 59.8 Å². The first-order valence-electron chi connectivity index (χ1n) is 7.84. The summed E-state index contributed by atoms with van der Waals surface area (Å²) in [5.74, 6) is 3.64. The number of nitrogens with one attached hydrogen (secondary N) is 1. The molecule has 0 radical (unpaired) electrons. The van der Waals surface area contributed by atoms with Crippen LogP contribution >= 0.6 is 0 Å². The van der Waals surface area contributed by atoms with Crippen molar-refractivity contribution in [1.29, 1.82) is 0 Å². The van der Waals surface area contributed by atoms with E-state index in [-0.39, 0.29) is 0 Å². The van der Waals surface area contributed by atoms with Crippen molar-refractivity contribution in [2.24, 2.45) is 23.7 Å². The maximum Gasteiger partial charge on any atom is -0.00177 e. The summed E-state index contributed by atoms with van der Waals surface area (Å²) in [6.45, 7) is 11.8. The maximum atomic E-state index is 3.69. The minimum atomic E-state index is 0.780. The molecule has 0 bridgehead atoms. The van der Waals surface area contributed by atoms with E-state index in [1.807, 2.05) is 0 Å². The largest absolute Gasteiger partial charge is 0.316 e. The molecule has 0 heterocycles. The van der Waals surface area contributed by atoms with Crippen LogP contribution in [0.1, 0.15) is 66.2 Å². The van der Waals surface area contributed by atoms with Gasteiger partial charge in [0.25, 0.3) is 0 Å². The summed E-state index contributed by atoms with van der Waals surface area (Å²) in [5.41, 5.74) is 0. The fourth-order valence-electron chi connectivity index (χ4n) is 3.11. The Balaban J connectivity index is 2.35. The predicted octanol–water partition coefficient (Wildman–Crippen LogP) is 4.47. The lowest BCUT2D eigenvalue weighted by Crippen LogP contribution is -2.31. The third-order valence-corrected chi connectivity index (χ3v) is 4.43. The van der Waals surface area contributed by atoms with Crippen molar-refractivity contribution in [2.75, 3.05) is 13.1 Å². The van der Waals surface area contributed by atoms with Crippen molar-refractivity contribution in [3.8, 4) is 0 Å². The van der Waals surface area contributed by atoms with Crippen LogP contribution in [0.25, 0.3) is 0 Å². The van der Waals surface area contributed by atoms with Crippen LogP contribution in [0.15, 0.2) is 0 Å². The van der Waals surface area contributed by atoms with E-state index < -0.39 is 0 Å². The van der Waals surface area contributed by atoms with E-state index in [9.17, 15) is 0 Å². The molecule has 1 saturated carbocycles. The van der Waals surface area contributed by atoms with Crippen molar-refractivity contribution in [2.45, 2.75) is 66.2 Å². The zero-order valence-corrected chi connectivity index (χ0v) is 12.5. The second-order valence-corrected chi connectivity index (χ2v) is 6.61. The highest BCUT2D eigenvalue weighted by molar-refractivity contribution is 4.78. The number of hydrogen-bond acceptors (Lipinski definition) is 1. The second kappa shape index (κ2) is 8.13. The standard InChI is InChI=1S/C16H33N/c1-5-14(4)10-16(12-17-11-13(2)3)15-8-6-7-9-15/h13-17H,5-12H2,1-4H3. The van der Waals surface area contributed by atoms with Crippen LogP contribution in [0.2, 0.25) is 0 Å². The number of rotatable bonds is 8. The summed E-state index contributed by atoms with van der Waals surface area (Å²) in [6, 6.07) is 0. The summed E-state index contributed by atoms with van der Waals surface area (Å²) in [4.78, 5) is 0. The van der Waals surface area contributed by atoms with Crippen molar-refractivity contribution >= 4 is 0 Å². The minimum Gasteiger partial charge on any atom is -0.316 e. The third kappa shape index (κ3) is 5.90. The number of hydrogen-bond donors (Lipinski definition) is 1. The molecular formula is C16H33N. The lowest BCUT2D eigenvalue weighted by atomic mass is 9.83. The highest BCUT2D eigenvalue weighted by atomic mass is 14.9. The molecular weight excluding hydrogens is 206 g/mol. The minimum absolute atomic E-state index is 0.780. The Bertz CT molecular complexity index is 182. The zero-order valence-electron chi connectivity index (χ0n) is 12.5. The van der Waals surface area contributed by atoms with Crippen molar-refractivity contribution in [1.82, 2.24) is 5.32 Å². The van der Waals surface area contributed by atoms with E-state index >= 15 is 0 Å². The Hall–Kier alpha value is -0.0400. The molecule has 0 amide bonds. The zero-order chi connectivity index (χ0) is 12.7. The third-order valence-electron chi connectivity index (χ3n) is 4.43. The molecule has 1 heteroatoms. The van der Waals surface area contributed by atoms with Gasteiger partial charge < -0.3 is 5.32 Å². The summed E-state index contributed by atoms with van der Waals surface area (Å²) >= 11 is 0. The van der Waals surface area contributed by atoms with Gasteiger partial charge in [0.1, 0.15) is 0 Å². The Labute approximate surface area is 109 Å². The molecule has 102 valence electrons. The predicted molar refractivity (Wildman–Crippen MR) is 77.2 cm³/mol. The molecule has 1 fully saturated rings. The van der Waals surface area contributed by atoms with Gasteiger partial charge >= 0.3 is 0 Å². The fraction of sp³-hybridized carbons (Fsp3) is 1.00. The maximum absolute atomic E-state index is 3.69. The summed E-state index contributed by atoms with van der Waals surface area (Å²) < 4.78 is 0. The van der Waals surface area contributed by atoms with Gasteiger partial charge in [-0.3, -0.25) is 0 Å². The van der Waals surface area contributed by atoms with E-state index in [4.69, 9.17) is 0 Å². The summed E-state index contributed by atoms with van der Waals surface area (Å²) in [5, 5.41) is 3.69. The van der Waals surface area contributed by atoms with Crippen LogP contribution in [0.3, 0.4) is 0 Å². The second-order valence-electron chi connectivity index (χ2n) is 6.61. The average molecular weight is 239 g/mol. The molecule has 1 aliphatic carbocycles. The van der Waals surface area contributed by atoms with Gasteiger partial charge in [-0.25, -0.2) is 0 Å². The van der Waals surface area contributed by atoms with Crippen molar-refractivity contribution < 1.29 is 0 Å². The lowest BCUT2D eigenvalue weighted by Gasteiger charge is -2.27. The molecule has 1 nitrogen and oxygen atoms in total. The first-order chi connectivity index (χ1) is 8.13. The van der Waals surface area contributed by atoms with E-state index in [2.05, 4.69) is 33.0 Å². The topological polar surface area (TPSA) is 12.0 Å². The normalized spacial score (nSPS) is 21.0. The van der Waals surface area contributed by atoms with Crippen LogP contribution in [0.5, 0.6) is 0 Å². The van der Waals surface area contributed by atoms with Gasteiger partial charge in [0.2, 0.25) is 0 Å². The van der Waals surface area contributed by atoms with Crippen LogP contribution in [0.4, 0.5) is 0 Å². The van der Waals surface area contributed by atoms with E-state index in [1.54, 1.807) is 0 Å². The Morgan fingerprint density at radius 2 is 1.71 bits per heavy atom. The van der Waals surface area contributed by atoms with Gasteiger partial charge in [0, 0.05) is 0 Å². The molecule has 2 atom stereocenters. The molecule has 2 unspecified atom stereocenters. The Morgan fingerprint density at radius 1 is 1.06 bits per heavy atom. The molecule has 0 spiro atoms. The Morgan fingerprint density at radius 3 is 2.24 bits per heavy atom.